The lowest BCUT2D eigenvalue weighted by atomic mass is 9.94. The van der Waals surface area contributed by atoms with Gasteiger partial charge in [-0.25, -0.2) is 0 Å². The highest BCUT2D eigenvalue weighted by atomic mass is 16.9. The van der Waals surface area contributed by atoms with Crippen molar-refractivity contribution >= 4 is 6.29 Å². The number of hydrogen-bond acceptors (Lipinski definition) is 10. The lowest BCUT2D eigenvalue weighted by molar-refractivity contribution is -0.289. The van der Waals surface area contributed by atoms with Gasteiger partial charge in [-0.15, -0.1) is 0 Å². The second-order valence-corrected chi connectivity index (χ2v) is 9.90. The molecule has 32 heavy (non-hydrogen) atoms. The molecule has 0 amide bonds. The zero-order valence-electron chi connectivity index (χ0n) is 18.0. The third kappa shape index (κ3) is 3.55. The van der Waals surface area contributed by atoms with Crippen LogP contribution in [0.15, 0.2) is 0 Å². The van der Waals surface area contributed by atoms with Crippen LogP contribution in [0.1, 0.15) is 64.2 Å². The maximum Gasteiger partial charge on any atom is 0.190 e. The molecule has 180 valence electrons. The van der Waals surface area contributed by atoms with Gasteiger partial charge in [-0.3, -0.25) is 0 Å². The van der Waals surface area contributed by atoms with Gasteiger partial charge in [0.25, 0.3) is 0 Å². The van der Waals surface area contributed by atoms with Crippen molar-refractivity contribution in [3.05, 3.63) is 0 Å². The summed E-state index contributed by atoms with van der Waals surface area (Å²) in [5, 5.41) is 21.6. The van der Waals surface area contributed by atoms with Crippen LogP contribution in [0.2, 0.25) is 0 Å². The predicted molar refractivity (Wildman–Crippen MR) is 104 cm³/mol. The van der Waals surface area contributed by atoms with E-state index in [4.69, 9.17) is 33.2 Å². The summed E-state index contributed by atoms with van der Waals surface area (Å²) in [6.45, 7) is 0. The van der Waals surface area contributed by atoms with Crippen molar-refractivity contribution in [3.63, 3.8) is 0 Å². The number of aliphatic hydroxyl groups excluding tert-OH is 2. The van der Waals surface area contributed by atoms with Crippen molar-refractivity contribution in [3.8, 4) is 0 Å². The summed E-state index contributed by atoms with van der Waals surface area (Å²) in [4.78, 5) is 11.6. The van der Waals surface area contributed by atoms with E-state index in [0.717, 1.165) is 64.2 Å². The van der Waals surface area contributed by atoms with Crippen LogP contribution >= 0.6 is 0 Å². The fourth-order valence-electron chi connectivity index (χ4n) is 6.12. The molecule has 0 radical (unpaired) electrons. The van der Waals surface area contributed by atoms with Gasteiger partial charge >= 0.3 is 0 Å². The quantitative estimate of drug-likeness (QED) is 0.465. The summed E-state index contributed by atoms with van der Waals surface area (Å²) >= 11 is 0. The Kier molecular flexibility index (Phi) is 5.60. The molecule has 10 heteroatoms. The standard InChI is InChI=1S/C22H32O10/c23-11-12-14(17-20(26-12)32-22(30-17)9-5-2-6-10-22)27-18(25)15-13(24)16-19(28-15)31-21(29-16)7-3-1-4-8-21/h11-20,24-25H,1-10H2. The molecule has 9 atom stereocenters. The molecule has 0 bridgehead atoms. The fraction of sp³-hybridized carbons (Fsp3) is 0.955. The number of carbonyl (C=O) groups excluding carboxylic acids is 1. The molecule has 2 N–H and O–H groups in total. The SMILES string of the molecule is O=CC1OC2OC3(CCCCC3)OC2C1OC(O)C1OC2OC3(CCCCC3)OC2C1O. The molecule has 6 aliphatic rings. The smallest absolute Gasteiger partial charge is 0.190 e. The van der Waals surface area contributed by atoms with Crippen LogP contribution in [0.3, 0.4) is 0 Å². The molecule has 6 fully saturated rings. The predicted octanol–water partition coefficient (Wildman–Crippen LogP) is 0.851. The molecule has 0 aromatic rings. The molecule has 2 aliphatic carbocycles. The minimum Gasteiger partial charge on any atom is -0.387 e. The van der Waals surface area contributed by atoms with Crippen molar-refractivity contribution in [2.24, 2.45) is 0 Å². The fourth-order valence-corrected chi connectivity index (χ4v) is 6.12. The highest BCUT2D eigenvalue weighted by Crippen LogP contribution is 2.47. The molecular weight excluding hydrogens is 424 g/mol. The molecular formula is C22H32O10. The van der Waals surface area contributed by atoms with Crippen LogP contribution in [0, 0.1) is 0 Å². The maximum atomic E-state index is 11.6. The second-order valence-electron chi connectivity index (χ2n) is 9.90. The van der Waals surface area contributed by atoms with Crippen LogP contribution in [-0.2, 0) is 38.0 Å². The number of carbonyl (C=O) groups is 1. The average Bonchev–Trinajstić information content (AvgIpc) is 3.49. The zero-order valence-corrected chi connectivity index (χ0v) is 18.0. The summed E-state index contributed by atoms with van der Waals surface area (Å²) in [5.74, 6) is -1.42. The first kappa shape index (κ1) is 21.8. The van der Waals surface area contributed by atoms with E-state index in [1.54, 1.807) is 0 Å². The van der Waals surface area contributed by atoms with E-state index in [9.17, 15) is 15.0 Å². The molecule has 0 aromatic heterocycles. The van der Waals surface area contributed by atoms with E-state index in [1.807, 2.05) is 0 Å². The van der Waals surface area contributed by atoms with Gasteiger partial charge < -0.3 is 48.2 Å². The molecule has 9 unspecified atom stereocenters. The Bertz CT molecular complexity index is 705. The van der Waals surface area contributed by atoms with Gasteiger partial charge in [0, 0.05) is 25.7 Å². The Balaban J connectivity index is 1.11. The van der Waals surface area contributed by atoms with Crippen molar-refractivity contribution in [1.82, 2.24) is 0 Å². The van der Waals surface area contributed by atoms with Gasteiger partial charge in [-0.1, -0.05) is 12.8 Å². The number of aldehydes is 1. The van der Waals surface area contributed by atoms with E-state index in [0.29, 0.717) is 6.29 Å². The first-order chi connectivity index (χ1) is 15.5. The Hall–Kier alpha value is -0.690. The monoisotopic (exact) mass is 456 g/mol. The number of hydrogen-bond donors (Lipinski definition) is 2. The molecule has 0 aromatic carbocycles. The van der Waals surface area contributed by atoms with Crippen molar-refractivity contribution < 1.29 is 48.2 Å². The van der Waals surface area contributed by atoms with E-state index in [2.05, 4.69) is 0 Å². The molecule has 4 saturated heterocycles. The molecule has 4 heterocycles. The lowest BCUT2D eigenvalue weighted by Crippen LogP contribution is -2.48. The van der Waals surface area contributed by atoms with Crippen LogP contribution in [0.5, 0.6) is 0 Å². The third-order valence-electron chi connectivity index (χ3n) is 7.75. The van der Waals surface area contributed by atoms with Crippen molar-refractivity contribution in [1.29, 1.82) is 0 Å². The van der Waals surface area contributed by atoms with Gasteiger partial charge in [0.15, 0.2) is 36.7 Å². The lowest BCUT2D eigenvalue weighted by Gasteiger charge is -2.35. The van der Waals surface area contributed by atoms with Crippen LogP contribution in [0.4, 0.5) is 0 Å². The second kappa shape index (κ2) is 8.21. The Morgan fingerprint density at radius 2 is 1.38 bits per heavy atom. The summed E-state index contributed by atoms with van der Waals surface area (Å²) in [7, 11) is 0. The van der Waals surface area contributed by atoms with E-state index < -0.39 is 67.1 Å². The van der Waals surface area contributed by atoms with Gasteiger partial charge in [-0.2, -0.15) is 0 Å². The van der Waals surface area contributed by atoms with Crippen molar-refractivity contribution in [2.75, 3.05) is 0 Å². The maximum absolute atomic E-state index is 11.6. The van der Waals surface area contributed by atoms with Crippen LogP contribution in [0.25, 0.3) is 0 Å². The minimum atomic E-state index is -1.52. The van der Waals surface area contributed by atoms with E-state index in [-0.39, 0.29) is 0 Å². The van der Waals surface area contributed by atoms with Gasteiger partial charge in [0.1, 0.15) is 36.6 Å². The molecule has 4 aliphatic heterocycles. The normalized spacial score (nSPS) is 47.6. The summed E-state index contributed by atoms with van der Waals surface area (Å²) in [6, 6.07) is 0. The Morgan fingerprint density at radius 3 is 1.94 bits per heavy atom. The van der Waals surface area contributed by atoms with Gasteiger partial charge in [0.2, 0.25) is 0 Å². The minimum absolute atomic E-state index is 0.621. The first-order valence-electron chi connectivity index (χ1n) is 12.0. The summed E-state index contributed by atoms with van der Waals surface area (Å²) < 4.78 is 41.7. The zero-order chi connectivity index (χ0) is 21.9. The number of fused-ring (bicyclic) bond motifs is 2. The van der Waals surface area contributed by atoms with E-state index >= 15 is 0 Å². The van der Waals surface area contributed by atoms with Crippen LogP contribution in [-0.4, -0.2) is 83.6 Å². The Morgan fingerprint density at radius 1 is 0.812 bits per heavy atom. The molecule has 2 saturated carbocycles. The molecule has 6 rings (SSSR count). The topological polar surface area (TPSA) is 122 Å². The highest BCUT2D eigenvalue weighted by Gasteiger charge is 2.62. The number of rotatable bonds is 4. The molecule has 2 spiro atoms. The number of aliphatic hydroxyl groups is 2. The Labute approximate surface area is 186 Å². The first-order valence-corrected chi connectivity index (χ1v) is 12.0. The third-order valence-corrected chi connectivity index (χ3v) is 7.75. The highest BCUT2D eigenvalue weighted by molar-refractivity contribution is 5.58. The average molecular weight is 456 g/mol. The largest absolute Gasteiger partial charge is 0.387 e. The molecule has 10 nitrogen and oxygen atoms in total. The summed E-state index contributed by atoms with van der Waals surface area (Å²) in [5.41, 5.74) is 0. The van der Waals surface area contributed by atoms with Gasteiger partial charge in [-0.05, 0) is 25.7 Å². The van der Waals surface area contributed by atoms with Gasteiger partial charge in [0.05, 0.1) is 0 Å². The summed E-state index contributed by atoms with van der Waals surface area (Å²) in [6.07, 6.45) is 1.55. The number of ether oxygens (including phenoxy) is 7. The van der Waals surface area contributed by atoms with Crippen molar-refractivity contribution in [2.45, 2.75) is 131 Å². The van der Waals surface area contributed by atoms with E-state index in [1.165, 1.54) is 0 Å². The van der Waals surface area contributed by atoms with Crippen LogP contribution < -0.4 is 0 Å².